The van der Waals surface area contributed by atoms with Crippen molar-refractivity contribution in [3.63, 3.8) is 0 Å². The van der Waals surface area contributed by atoms with E-state index in [1.807, 2.05) is 6.07 Å². The van der Waals surface area contributed by atoms with Gasteiger partial charge in [-0.1, -0.05) is 30.9 Å². The van der Waals surface area contributed by atoms with Crippen molar-refractivity contribution < 1.29 is 5.11 Å². The second-order valence-corrected chi connectivity index (χ2v) is 6.75. The molecule has 1 aromatic rings. The summed E-state index contributed by atoms with van der Waals surface area (Å²) in [5.74, 6) is 7.32. The Balaban J connectivity index is 2.02. The summed E-state index contributed by atoms with van der Waals surface area (Å²) in [6, 6.07) is 9.08. The predicted octanol–water partition coefficient (Wildman–Crippen LogP) is 2.75. The van der Waals surface area contributed by atoms with Gasteiger partial charge in [-0.05, 0) is 24.6 Å². The topological polar surface area (TPSA) is 23.5 Å². The van der Waals surface area contributed by atoms with Gasteiger partial charge in [-0.3, -0.25) is 4.90 Å². The largest absolute Gasteiger partial charge is 0.395 e. The molecule has 0 bridgehead atoms. The van der Waals surface area contributed by atoms with E-state index in [0.717, 1.165) is 18.7 Å². The summed E-state index contributed by atoms with van der Waals surface area (Å²) in [6.07, 6.45) is 0.544. The fourth-order valence-corrected chi connectivity index (χ4v) is 3.58. The van der Waals surface area contributed by atoms with Gasteiger partial charge in [-0.2, -0.15) is 11.8 Å². The van der Waals surface area contributed by atoms with Gasteiger partial charge in [0.25, 0.3) is 0 Å². The molecule has 20 heavy (non-hydrogen) atoms. The molecule has 1 fully saturated rings. The Bertz CT molecular complexity index is 491. The summed E-state index contributed by atoms with van der Waals surface area (Å²) in [4.78, 5) is 2.56. The lowest BCUT2D eigenvalue weighted by atomic mass is 10.1. The minimum atomic E-state index is 0.132. The first-order valence-corrected chi connectivity index (χ1v) is 8.30. The van der Waals surface area contributed by atoms with Crippen molar-refractivity contribution in [1.82, 2.24) is 4.90 Å². The number of hydrogen-bond acceptors (Lipinski definition) is 3. The number of benzene rings is 1. The van der Waals surface area contributed by atoms with Gasteiger partial charge in [-0.15, -0.1) is 0 Å². The van der Waals surface area contributed by atoms with Gasteiger partial charge >= 0.3 is 0 Å². The average molecular weight is 289 g/mol. The van der Waals surface area contributed by atoms with E-state index in [1.54, 1.807) is 0 Å². The van der Waals surface area contributed by atoms with Crippen LogP contribution in [0.25, 0.3) is 0 Å². The maximum atomic E-state index is 8.76. The van der Waals surface area contributed by atoms with E-state index in [-0.39, 0.29) is 6.61 Å². The van der Waals surface area contributed by atoms with Gasteiger partial charge in [0.05, 0.1) is 6.61 Å². The Hall–Kier alpha value is -0.950. The van der Waals surface area contributed by atoms with E-state index in [1.165, 1.54) is 11.3 Å². The van der Waals surface area contributed by atoms with Gasteiger partial charge in [0, 0.05) is 42.1 Å². The molecule has 0 aliphatic carbocycles. The minimum absolute atomic E-state index is 0.132. The van der Waals surface area contributed by atoms with E-state index in [4.69, 9.17) is 5.11 Å². The van der Waals surface area contributed by atoms with Crippen molar-refractivity contribution >= 4 is 11.8 Å². The molecule has 3 heteroatoms. The smallest absolute Gasteiger partial charge is 0.0540 e. The van der Waals surface area contributed by atoms with Crippen molar-refractivity contribution in [2.45, 2.75) is 38.1 Å². The normalized spacial score (nSPS) is 23.1. The zero-order valence-electron chi connectivity index (χ0n) is 12.3. The van der Waals surface area contributed by atoms with Crippen LogP contribution in [0.2, 0.25) is 0 Å². The van der Waals surface area contributed by atoms with Crippen molar-refractivity contribution in [1.29, 1.82) is 0 Å². The molecule has 2 nitrogen and oxygen atoms in total. The van der Waals surface area contributed by atoms with Crippen LogP contribution in [0.4, 0.5) is 0 Å². The van der Waals surface area contributed by atoms with Gasteiger partial charge in [0.1, 0.15) is 0 Å². The van der Waals surface area contributed by atoms with Crippen LogP contribution in [0.15, 0.2) is 24.3 Å². The fourth-order valence-electron chi connectivity index (χ4n) is 2.42. The molecular formula is C17H23NOS. The lowest BCUT2D eigenvalue weighted by molar-refractivity contribution is 0.204. The highest BCUT2D eigenvalue weighted by Crippen LogP contribution is 2.25. The molecule has 0 aromatic heterocycles. The highest BCUT2D eigenvalue weighted by atomic mass is 32.2. The molecule has 2 unspecified atom stereocenters. The van der Waals surface area contributed by atoms with Crippen molar-refractivity contribution in [3.8, 4) is 11.8 Å². The lowest BCUT2D eigenvalue weighted by Gasteiger charge is -2.37. The number of hydrogen-bond donors (Lipinski definition) is 1. The fraction of sp³-hybridized carbons (Fsp3) is 0.529. The lowest BCUT2D eigenvalue weighted by Crippen LogP contribution is -2.43. The van der Waals surface area contributed by atoms with Gasteiger partial charge in [0.2, 0.25) is 0 Å². The molecule has 2 rings (SSSR count). The van der Waals surface area contributed by atoms with E-state index < -0.39 is 0 Å². The molecule has 1 saturated heterocycles. The Morgan fingerprint density at radius 2 is 2.25 bits per heavy atom. The molecule has 0 saturated carbocycles. The Morgan fingerprint density at radius 1 is 1.40 bits per heavy atom. The number of aliphatic hydroxyl groups is 1. The molecule has 1 aliphatic rings. The van der Waals surface area contributed by atoms with E-state index >= 15 is 0 Å². The Kier molecular flexibility index (Phi) is 5.97. The van der Waals surface area contributed by atoms with Crippen molar-refractivity contribution in [2.24, 2.45) is 0 Å². The third-order valence-electron chi connectivity index (χ3n) is 3.80. The first-order chi connectivity index (χ1) is 9.70. The molecule has 0 spiro atoms. The summed E-state index contributed by atoms with van der Waals surface area (Å²) in [7, 11) is 0. The third kappa shape index (κ3) is 4.28. The zero-order valence-corrected chi connectivity index (χ0v) is 13.1. The summed E-state index contributed by atoms with van der Waals surface area (Å²) >= 11 is 2.07. The molecule has 1 heterocycles. The van der Waals surface area contributed by atoms with Gasteiger partial charge < -0.3 is 5.11 Å². The molecule has 108 valence electrons. The quantitative estimate of drug-likeness (QED) is 0.866. The number of nitrogens with zero attached hydrogens (tertiary/aromatic N) is 1. The van der Waals surface area contributed by atoms with Crippen LogP contribution in [-0.4, -0.2) is 40.2 Å². The Morgan fingerprint density at radius 3 is 3.05 bits per heavy atom. The SMILES string of the molecule is CC1SCCN(Cc2cccc(C#CCCO)c2)C1C. The summed E-state index contributed by atoms with van der Waals surface area (Å²) < 4.78 is 0. The first kappa shape index (κ1) is 15.4. The van der Waals surface area contributed by atoms with Crippen LogP contribution < -0.4 is 0 Å². The molecule has 0 radical (unpaired) electrons. The molecular weight excluding hydrogens is 266 g/mol. The van der Waals surface area contributed by atoms with E-state index in [2.05, 4.69) is 60.5 Å². The minimum Gasteiger partial charge on any atom is -0.395 e. The first-order valence-electron chi connectivity index (χ1n) is 7.25. The predicted molar refractivity (Wildman–Crippen MR) is 86.8 cm³/mol. The molecule has 0 amide bonds. The van der Waals surface area contributed by atoms with Crippen LogP contribution in [0.3, 0.4) is 0 Å². The highest BCUT2D eigenvalue weighted by Gasteiger charge is 2.24. The van der Waals surface area contributed by atoms with Crippen molar-refractivity contribution in [2.75, 3.05) is 18.9 Å². The molecule has 1 N–H and O–H groups in total. The van der Waals surface area contributed by atoms with Gasteiger partial charge in [0.15, 0.2) is 0 Å². The zero-order chi connectivity index (χ0) is 14.4. The van der Waals surface area contributed by atoms with Crippen LogP contribution in [0.5, 0.6) is 0 Å². The second kappa shape index (κ2) is 7.73. The summed E-state index contributed by atoms with van der Waals surface area (Å²) in [6.45, 7) is 6.94. The van der Waals surface area contributed by atoms with E-state index in [0.29, 0.717) is 17.7 Å². The highest BCUT2D eigenvalue weighted by molar-refractivity contribution is 8.00. The standard InChI is InChI=1S/C17H23NOS/c1-14-15(2)20-11-9-18(14)13-17-8-5-7-16(12-17)6-3-4-10-19/h5,7-8,12,14-15,19H,4,9-11,13H2,1-2H3. The summed E-state index contributed by atoms with van der Waals surface area (Å²) in [5.41, 5.74) is 2.37. The maximum Gasteiger partial charge on any atom is 0.0540 e. The number of thioether (sulfide) groups is 1. The molecule has 1 aliphatic heterocycles. The Labute approximate surface area is 126 Å². The molecule has 1 aromatic carbocycles. The van der Waals surface area contributed by atoms with Crippen LogP contribution in [0, 0.1) is 11.8 Å². The molecule has 2 atom stereocenters. The van der Waals surface area contributed by atoms with Gasteiger partial charge in [-0.25, -0.2) is 0 Å². The maximum absolute atomic E-state index is 8.76. The summed E-state index contributed by atoms with van der Waals surface area (Å²) in [5, 5.41) is 9.46. The van der Waals surface area contributed by atoms with E-state index in [9.17, 15) is 0 Å². The van der Waals surface area contributed by atoms with Crippen LogP contribution in [0.1, 0.15) is 31.4 Å². The monoisotopic (exact) mass is 289 g/mol. The third-order valence-corrected chi connectivity index (χ3v) is 5.13. The number of aliphatic hydroxyl groups excluding tert-OH is 1. The van der Waals surface area contributed by atoms with Crippen LogP contribution >= 0.6 is 11.8 Å². The number of rotatable bonds is 3. The van der Waals surface area contributed by atoms with Crippen molar-refractivity contribution in [3.05, 3.63) is 35.4 Å². The van der Waals surface area contributed by atoms with Crippen LogP contribution in [-0.2, 0) is 6.54 Å². The second-order valence-electron chi connectivity index (χ2n) is 5.26. The average Bonchev–Trinajstić information content (AvgIpc) is 2.45.